The molecule has 156 valence electrons. The number of nitrogens with zero attached hydrogens (tertiary/aromatic N) is 2. The van der Waals surface area contributed by atoms with Gasteiger partial charge in [0, 0.05) is 0 Å². The summed E-state index contributed by atoms with van der Waals surface area (Å²) >= 11 is 1.12. The van der Waals surface area contributed by atoms with E-state index in [1.165, 1.54) is 24.3 Å². The Balaban J connectivity index is 1.17. The number of halogens is 1. The van der Waals surface area contributed by atoms with Gasteiger partial charge in [0.25, 0.3) is 11.1 Å². The first-order chi connectivity index (χ1) is 14.7. The lowest BCUT2D eigenvalue weighted by molar-refractivity contribution is -0.119. The molecular weight excluding hydrogens is 413 g/mol. The van der Waals surface area contributed by atoms with E-state index < -0.39 is 0 Å². The van der Waals surface area contributed by atoms with Crippen molar-refractivity contribution in [3.8, 4) is 17.2 Å². The highest BCUT2D eigenvalue weighted by Gasteiger charge is 2.21. The zero-order chi connectivity index (χ0) is 20.8. The maximum absolute atomic E-state index is 12.9. The van der Waals surface area contributed by atoms with E-state index in [-0.39, 0.29) is 41.3 Å². The molecule has 0 radical (unpaired) electrons. The van der Waals surface area contributed by atoms with Crippen molar-refractivity contribution >= 4 is 17.7 Å². The summed E-state index contributed by atoms with van der Waals surface area (Å²) in [6.45, 7) is 0.742. The van der Waals surface area contributed by atoms with E-state index in [2.05, 4.69) is 15.5 Å². The number of carbonyl (C=O) groups excluding carboxylic acids is 1. The third-order valence-electron chi connectivity index (χ3n) is 4.05. The average molecular weight is 431 g/mol. The molecule has 2 aromatic carbocycles. The standard InChI is InChI=1S/C20H18FN3O5S/c21-13-5-7-14(8-6-13)26-11-19-23-24-20(29-19)30-12-18(25)22-9-15-10-27-16-3-1-2-4-17(16)28-15/h1-8,15H,9-12H2,(H,22,25)/t15-/m0/s1. The van der Waals surface area contributed by atoms with Crippen molar-refractivity contribution in [3.63, 3.8) is 0 Å². The number of aromatic nitrogens is 2. The van der Waals surface area contributed by atoms with Crippen LogP contribution in [0.4, 0.5) is 4.39 Å². The van der Waals surface area contributed by atoms with Gasteiger partial charge in [0.15, 0.2) is 18.1 Å². The van der Waals surface area contributed by atoms with E-state index in [0.717, 1.165) is 11.8 Å². The quantitative estimate of drug-likeness (QED) is 0.544. The van der Waals surface area contributed by atoms with Crippen molar-refractivity contribution in [1.29, 1.82) is 0 Å². The van der Waals surface area contributed by atoms with Gasteiger partial charge >= 0.3 is 0 Å². The van der Waals surface area contributed by atoms with E-state index in [0.29, 0.717) is 30.4 Å². The highest BCUT2D eigenvalue weighted by Crippen LogP contribution is 2.30. The number of ether oxygens (including phenoxy) is 3. The predicted octanol–water partition coefficient (Wildman–Crippen LogP) is 2.84. The third-order valence-corrected chi connectivity index (χ3v) is 4.86. The minimum atomic E-state index is -0.343. The third kappa shape index (κ3) is 5.41. The highest BCUT2D eigenvalue weighted by molar-refractivity contribution is 7.99. The van der Waals surface area contributed by atoms with Crippen LogP contribution in [-0.4, -0.2) is 41.1 Å². The van der Waals surface area contributed by atoms with E-state index in [1.807, 2.05) is 24.3 Å². The Morgan fingerprint density at radius 1 is 1.17 bits per heavy atom. The molecule has 0 saturated carbocycles. The second-order valence-electron chi connectivity index (χ2n) is 6.29. The number of benzene rings is 2. The molecule has 1 aliphatic heterocycles. The normalized spacial score (nSPS) is 14.9. The molecule has 1 N–H and O–H groups in total. The minimum Gasteiger partial charge on any atom is -0.486 e. The molecule has 30 heavy (non-hydrogen) atoms. The van der Waals surface area contributed by atoms with Gasteiger partial charge in [-0.2, -0.15) is 0 Å². The van der Waals surface area contributed by atoms with Crippen molar-refractivity contribution in [3.05, 3.63) is 60.2 Å². The molecular formula is C20H18FN3O5S. The number of amides is 1. The highest BCUT2D eigenvalue weighted by atomic mass is 32.2. The first-order valence-corrected chi connectivity index (χ1v) is 10.1. The molecule has 1 amide bonds. The maximum atomic E-state index is 12.9. The summed E-state index contributed by atoms with van der Waals surface area (Å²) in [7, 11) is 0. The van der Waals surface area contributed by atoms with E-state index in [9.17, 15) is 9.18 Å². The van der Waals surface area contributed by atoms with Gasteiger partial charge in [-0.25, -0.2) is 4.39 Å². The topological polar surface area (TPSA) is 95.7 Å². The monoisotopic (exact) mass is 431 g/mol. The molecule has 0 fully saturated rings. The van der Waals surface area contributed by atoms with Crippen LogP contribution in [-0.2, 0) is 11.4 Å². The lowest BCUT2D eigenvalue weighted by atomic mass is 10.2. The van der Waals surface area contributed by atoms with Crippen molar-refractivity contribution in [2.45, 2.75) is 17.9 Å². The summed E-state index contributed by atoms with van der Waals surface area (Å²) in [6.07, 6.45) is -0.257. The summed E-state index contributed by atoms with van der Waals surface area (Å²) < 4.78 is 35.2. The van der Waals surface area contributed by atoms with Crippen LogP contribution in [0, 0.1) is 5.82 Å². The summed E-state index contributed by atoms with van der Waals surface area (Å²) in [5.74, 6) is 1.69. The van der Waals surface area contributed by atoms with Crippen molar-refractivity contribution in [1.82, 2.24) is 15.5 Å². The molecule has 0 saturated heterocycles. The van der Waals surface area contributed by atoms with Gasteiger partial charge < -0.3 is 23.9 Å². The molecule has 0 aliphatic carbocycles. The summed E-state index contributed by atoms with van der Waals surface area (Å²) in [5, 5.41) is 10.8. The molecule has 1 atom stereocenters. The Labute approximate surface area is 175 Å². The van der Waals surface area contributed by atoms with E-state index in [1.54, 1.807) is 0 Å². The molecule has 1 aliphatic rings. The van der Waals surface area contributed by atoms with Crippen LogP contribution in [0.15, 0.2) is 58.2 Å². The van der Waals surface area contributed by atoms with Crippen LogP contribution >= 0.6 is 11.8 Å². The maximum Gasteiger partial charge on any atom is 0.277 e. The zero-order valence-electron chi connectivity index (χ0n) is 15.7. The number of nitrogens with one attached hydrogen (secondary N) is 1. The second-order valence-corrected chi connectivity index (χ2v) is 7.22. The Morgan fingerprint density at radius 2 is 1.97 bits per heavy atom. The van der Waals surface area contributed by atoms with Gasteiger partial charge in [0.1, 0.15) is 24.3 Å². The summed E-state index contributed by atoms with van der Waals surface area (Å²) in [6, 6.07) is 13.0. The van der Waals surface area contributed by atoms with Gasteiger partial charge in [0.2, 0.25) is 5.91 Å². The van der Waals surface area contributed by atoms with Gasteiger partial charge in [-0.15, -0.1) is 10.2 Å². The number of fused-ring (bicyclic) bond motifs is 1. The van der Waals surface area contributed by atoms with Gasteiger partial charge in [-0.1, -0.05) is 23.9 Å². The zero-order valence-corrected chi connectivity index (χ0v) is 16.6. The van der Waals surface area contributed by atoms with Gasteiger partial charge in [-0.3, -0.25) is 4.79 Å². The number of carbonyl (C=O) groups is 1. The van der Waals surface area contributed by atoms with Crippen molar-refractivity contribution < 1.29 is 27.8 Å². The fourth-order valence-corrected chi connectivity index (χ4v) is 3.21. The lowest BCUT2D eigenvalue weighted by Gasteiger charge is -2.26. The van der Waals surface area contributed by atoms with E-state index >= 15 is 0 Å². The minimum absolute atomic E-state index is 0.0475. The van der Waals surface area contributed by atoms with Gasteiger partial charge in [-0.05, 0) is 36.4 Å². The molecule has 10 heteroatoms. The Hall–Kier alpha value is -3.27. The smallest absolute Gasteiger partial charge is 0.277 e. The Bertz CT molecular complexity index is 998. The lowest BCUT2D eigenvalue weighted by Crippen LogP contribution is -2.41. The van der Waals surface area contributed by atoms with Crippen LogP contribution in [0.1, 0.15) is 5.89 Å². The second kappa shape index (κ2) is 9.49. The number of para-hydroxylation sites is 2. The molecule has 2 heterocycles. The average Bonchev–Trinajstić information content (AvgIpc) is 3.23. The van der Waals surface area contributed by atoms with Crippen LogP contribution in [0.25, 0.3) is 0 Å². The number of hydrogen-bond acceptors (Lipinski definition) is 8. The fourth-order valence-electron chi connectivity index (χ4n) is 2.60. The first kappa shape index (κ1) is 20.0. The van der Waals surface area contributed by atoms with Crippen LogP contribution in [0.2, 0.25) is 0 Å². The first-order valence-electron chi connectivity index (χ1n) is 9.14. The number of thioether (sulfide) groups is 1. The molecule has 0 bridgehead atoms. The number of hydrogen-bond donors (Lipinski definition) is 1. The van der Waals surface area contributed by atoms with Crippen LogP contribution < -0.4 is 19.5 Å². The van der Waals surface area contributed by atoms with Gasteiger partial charge in [0.05, 0.1) is 12.3 Å². The summed E-state index contributed by atoms with van der Waals surface area (Å²) in [5.41, 5.74) is 0. The molecule has 4 rings (SSSR count). The SMILES string of the molecule is O=C(CSc1nnc(COc2ccc(F)cc2)o1)NC[C@H]1COc2ccccc2O1. The Morgan fingerprint density at radius 3 is 2.80 bits per heavy atom. The van der Waals surface area contributed by atoms with Crippen LogP contribution in [0.3, 0.4) is 0 Å². The molecule has 0 unspecified atom stereocenters. The van der Waals surface area contributed by atoms with Crippen LogP contribution in [0.5, 0.6) is 17.2 Å². The largest absolute Gasteiger partial charge is 0.486 e. The Kier molecular flexibility index (Phi) is 6.33. The molecule has 1 aromatic heterocycles. The van der Waals surface area contributed by atoms with Crippen molar-refractivity contribution in [2.24, 2.45) is 0 Å². The number of rotatable bonds is 8. The molecule has 8 nitrogen and oxygen atoms in total. The summed E-state index contributed by atoms with van der Waals surface area (Å²) in [4.78, 5) is 12.1. The van der Waals surface area contributed by atoms with Crippen molar-refractivity contribution in [2.75, 3.05) is 18.9 Å². The van der Waals surface area contributed by atoms with E-state index in [4.69, 9.17) is 18.6 Å². The predicted molar refractivity (Wildman–Crippen MR) is 105 cm³/mol. The molecule has 0 spiro atoms. The molecule has 3 aromatic rings. The fraction of sp³-hybridized carbons (Fsp3) is 0.250.